The summed E-state index contributed by atoms with van der Waals surface area (Å²) in [6.45, 7) is 11.5. The first kappa shape index (κ1) is 27.1. The number of fused-ring (bicyclic) bond motifs is 2. The molecule has 5 heteroatoms. The molecule has 0 bridgehead atoms. The summed E-state index contributed by atoms with van der Waals surface area (Å²) < 4.78 is 0. The van der Waals surface area contributed by atoms with Gasteiger partial charge in [0.05, 0.1) is 6.04 Å². The van der Waals surface area contributed by atoms with Crippen LogP contribution in [0.5, 0.6) is 0 Å². The second-order valence-electron chi connectivity index (χ2n) is 11.6. The van der Waals surface area contributed by atoms with Gasteiger partial charge in [-0.1, -0.05) is 88.4 Å². The van der Waals surface area contributed by atoms with Gasteiger partial charge >= 0.3 is 0 Å². The van der Waals surface area contributed by atoms with Gasteiger partial charge in [-0.2, -0.15) is 0 Å². The predicted octanol–water partition coefficient (Wildman–Crippen LogP) is 7.61. The van der Waals surface area contributed by atoms with Crippen LogP contribution in [0.4, 0.5) is 0 Å². The molecular weight excluding hydrogens is 500 g/mol. The van der Waals surface area contributed by atoms with E-state index in [9.17, 15) is 9.59 Å². The molecule has 1 aliphatic rings. The summed E-state index contributed by atoms with van der Waals surface area (Å²) in [6.07, 6.45) is 1.62. The van der Waals surface area contributed by atoms with Crippen LogP contribution in [0.1, 0.15) is 79.0 Å². The predicted molar refractivity (Wildman–Crippen MR) is 161 cm³/mol. The highest BCUT2D eigenvalue weighted by molar-refractivity contribution is 7.10. The molecule has 0 aliphatic carbocycles. The SMILES string of the molecule is CC[C@@H](C)N(CC(=O)N1CCc2sccc2[C@H]1c1ccc(C(C)(C)C)cc1)C(=O)c1cccc2ccccc12. The first-order chi connectivity index (χ1) is 18.7. The van der Waals surface area contributed by atoms with Crippen molar-refractivity contribution in [2.75, 3.05) is 13.1 Å². The summed E-state index contributed by atoms with van der Waals surface area (Å²) >= 11 is 1.77. The highest BCUT2D eigenvalue weighted by Crippen LogP contribution is 2.38. The first-order valence-electron chi connectivity index (χ1n) is 13.9. The average molecular weight is 539 g/mol. The van der Waals surface area contributed by atoms with Crippen molar-refractivity contribution in [1.82, 2.24) is 9.80 Å². The molecule has 2 heterocycles. The summed E-state index contributed by atoms with van der Waals surface area (Å²) in [5.74, 6) is -0.0977. The number of thiophene rings is 1. The van der Waals surface area contributed by atoms with Crippen molar-refractivity contribution in [2.45, 2.75) is 65.0 Å². The van der Waals surface area contributed by atoms with Gasteiger partial charge in [-0.15, -0.1) is 11.3 Å². The molecule has 0 spiro atoms. The van der Waals surface area contributed by atoms with Gasteiger partial charge in [0.1, 0.15) is 6.54 Å². The van der Waals surface area contributed by atoms with Gasteiger partial charge in [0.25, 0.3) is 5.91 Å². The number of amides is 2. The number of hydrogen-bond donors (Lipinski definition) is 0. The monoisotopic (exact) mass is 538 g/mol. The second kappa shape index (κ2) is 11.0. The van der Waals surface area contributed by atoms with Crippen molar-refractivity contribution >= 4 is 33.9 Å². The number of nitrogens with zero attached hydrogens (tertiary/aromatic N) is 2. The zero-order valence-electron chi connectivity index (χ0n) is 23.6. The lowest BCUT2D eigenvalue weighted by Crippen LogP contribution is -2.49. The van der Waals surface area contributed by atoms with E-state index in [2.05, 4.69) is 63.4 Å². The van der Waals surface area contributed by atoms with Crippen molar-refractivity contribution in [2.24, 2.45) is 0 Å². The lowest BCUT2D eigenvalue weighted by molar-refractivity contribution is -0.134. The third-order valence-electron chi connectivity index (χ3n) is 8.09. The molecule has 4 aromatic rings. The Balaban J connectivity index is 1.47. The second-order valence-corrected chi connectivity index (χ2v) is 12.6. The molecule has 2 amide bonds. The Morgan fingerprint density at radius 1 is 1.00 bits per heavy atom. The molecule has 3 aromatic carbocycles. The van der Waals surface area contributed by atoms with Gasteiger partial charge in [-0.3, -0.25) is 9.59 Å². The maximum absolute atomic E-state index is 14.1. The Bertz CT molecular complexity index is 1480. The van der Waals surface area contributed by atoms with Crippen LogP contribution in [0.25, 0.3) is 10.8 Å². The highest BCUT2D eigenvalue weighted by atomic mass is 32.1. The number of benzene rings is 3. The maximum Gasteiger partial charge on any atom is 0.255 e. The number of carbonyl (C=O) groups is 2. The van der Waals surface area contributed by atoms with Crippen molar-refractivity contribution < 1.29 is 9.59 Å². The Kier molecular flexibility index (Phi) is 7.64. The molecular formula is C34H38N2O2S. The maximum atomic E-state index is 14.1. The molecule has 4 nitrogen and oxygen atoms in total. The van der Waals surface area contributed by atoms with Crippen LogP contribution in [0.3, 0.4) is 0 Å². The standard InChI is InChI=1S/C34H38N2O2S/c1-6-23(2)36(33(38)28-13-9-11-24-10-7-8-12-27(24)28)22-31(37)35-20-18-30-29(19-21-39-30)32(35)25-14-16-26(17-15-25)34(3,4)5/h7-17,19,21,23,32H,6,18,20,22H2,1-5H3/t23-,32-/m1/s1. The quantitative estimate of drug-likeness (QED) is 0.253. The van der Waals surface area contributed by atoms with Gasteiger partial charge in [0, 0.05) is 23.0 Å². The minimum atomic E-state index is -0.145. The van der Waals surface area contributed by atoms with Gasteiger partial charge in [-0.05, 0) is 70.2 Å². The molecule has 1 aromatic heterocycles. The van der Waals surface area contributed by atoms with E-state index in [1.165, 1.54) is 16.0 Å². The zero-order valence-corrected chi connectivity index (χ0v) is 24.4. The third-order valence-corrected chi connectivity index (χ3v) is 9.08. The Hall–Kier alpha value is -3.44. The van der Waals surface area contributed by atoms with Crippen molar-refractivity contribution in [3.8, 4) is 0 Å². The van der Waals surface area contributed by atoms with Crippen LogP contribution < -0.4 is 0 Å². The highest BCUT2D eigenvalue weighted by Gasteiger charge is 2.35. The van der Waals surface area contributed by atoms with E-state index in [0.717, 1.165) is 29.2 Å². The normalized spacial score (nSPS) is 16.1. The topological polar surface area (TPSA) is 40.6 Å². The van der Waals surface area contributed by atoms with Crippen LogP contribution >= 0.6 is 11.3 Å². The fraction of sp³-hybridized carbons (Fsp3) is 0.353. The van der Waals surface area contributed by atoms with Gasteiger partial charge in [0.15, 0.2) is 0 Å². The minimum Gasteiger partial charge on any atom is -0.330 e. The third kappa shape index (κ3) is 5.38. The lowest BCUT2D eigenvalue weighted by atomic mass is 9.85. The molecule has 1 aliphatic heterocycles. The van der Waals surface area contributed by atoms with E-state index in [4.69, 9.17) is 0 Å². The smallest absolute Gasteiger partial charge is 0.255 e. The number of rotatable bonds is 6. The van der Waals surface area contributed by atoms with Gasteiger partial charge in [-0.25, -0.2) is 0 Å². The zero-order chi connectivity index (χ0) is 27.7. The van der Waals surface area contributed by atoms with Crippen LogP contribution in [0.15, 0.2) is 78.2 Å². The van der Waals surface area contributed by atoms with E-state index >= 15 is 0 Å². The van der Waals surface area contributed by atoms with E-state index in [1.807, 2.05) is 54.3 Å². The minimum absolute atomic E-state index is 0.00867. The summed E-state index contributed by atoms with van der Waals surface area (Å²) in [5, 5.41) is 4.08. The van der Waals surface area contributed by atoms with Crippen LogP contribution in [-0.4, -0.2) is 40.7 Å². The summed E-state index contributed by atoms with van der Waals surface area (Å²) in [6, 6.07) is 24.4. The van der Waals surface area contributed by atoms with Crippen molar-refractivity contribution in [3.63, 3.8) is 0 Å². The van der Waals surface area contributed by atoms with Crippen LogP contribution in [0.2, 0.25) is 0 Å². The molecule has 0 unspecified atom stereocenters. The molecule has 39 heavy (non-hydrogen) atoms. The summed E-state index contributed by atoms with van der Waals surface area (Å²) in [5.41, 5.74) is 4.31. The largest absolute Gasteiger partial charge is 0.330 e. The molecule has 2 atom stereocenters. The Labute approximate surface area is 236 Å². The summed E-state index contributed by atoms with van der Waals surface area (Å²) in [4.78, 5) is 33.2. The van der Waals surface area contributed by atoms with Crippen molar-refractivity contribution in [1.29, 1.82) is 0 Å². The molecule has 0 N–H and O–H groups in total. The molecule has 0 radical (unpaired) electrons. The molecule has 0 fully saturated rings. The van der Waals surface area contributed by atoms with E-state index in [-0.39, 0.29) is 35.9 Å². The fourth-order valence-electron chi connectivity index (χ4n) is 5.56. The van der Waals surface area contributed by atoms with Crippen molar-refractivity contribution in [3.05, 3.63) is 105 Å². The number of carbonyl (C=O) groups excluding carboxylic acids is 2. The van der Waals surface area contributed by atoms with E-state index in [1.54, 1.807) is 16.2 Å². The van der Waals surface area contributed by atoms with Gasteiger partial charge in [0.2, 0.25) is 5.91 Å². The molecule has 0 saturated heterocycles. The van der Waals surface area contributed by atoms with Crippen LogP contribution in [-0.2, 0) is 16.6 Å². The first-order valence-corrected chi connectivity index (χ1v) is 14.8. The van der Waals surface area contributed by atoms with E-state index < -0.39 is 0 Å². The van der Waals surface area contributed by atoms with Gasteiger partial charge < -0.3 is 9.80 Å². The fourth-order valence-corrected chi connectivity index (χ4v) is 6.47. The average Bonchev–Trinajstić information content (AvgIpc) is 3.43. The summed E-state index contributed by atoms with van der Waals surface area (Å²) in [7, 11) is 0. The molecule has 0 saturated carbocycles. The number of hydrogen-bond acceptors (Lipinski definition) is 3. The van der Waals surface area contributed by atoms with E-state index in [0.29, 0.717) is 12.1 Å². The molecule has 202 valence electrons. The molecule has 5 rings (SSSR count). The Morgan fingerprint density at radius 3 is 2.44 bits per heavy atom. The Morgan fingerprint density at radius 2 is 1.72 bits per heavy atom. The lowest BCUT2D eigenvalue weighted by Gasteiger charge is -2.38. The van der Waals surface area contributed by atoms with Crippen LogP contribution in [0, 0.1) is 0 Å².